The van der Waals surface area contributed by atoms with Crippen LogP contribution in [0, 0.1) is 6.92 Å². The first kappa shape index (κ1) is 20.2. The van der Waals surface area contributed by atoms with E-state index in [4.69, 9.17) is 5.73 Å². The van der Waals surface area contributed by atoms with Crippen molar-refractivity contribution in [1.29, 1.82) is 0 Å². The molecule has 0 aliphatic heterocycles. The van der Waals surface area contributed by atoms with E-state index >= 15 is 0 Å². The van der Waals surface area contributed by atoms with Crippen LogP contribution in [-0.2, 0) is 16.2 Å². The smallest absolute Gasteiger partial charge is 0.328 e. The van der Waals surface area contributed by atoms with Gasteiger partial charge in [0.05, 0.1) is 10.5 Å². The molecule has 4 nitrogen and oxygen atoms in total. The molecule has 1 fully saturated rings. The van der Waals surface area contributed by atoms with Crippen LogP contribution in [-0.4, -0.2) is 20.5 Å². The van der Waals surface area contributed by atoms with E-state index in [0.717, 1.165) is 0 Å². The van der Waals surface area contributed by atoms with E-state index in [1.54, 1.807) is 0 Å². The summed E-state index contributed by atoms with van der Waals surface area (Å²) < 4.78 is 65.7. The molecule has 0 unspecified atom stereocenters. The zero-order valence-electron chi connectivity index (χ0n) is 12.6. The molecule has 1 aromatic carbocycles. The zero-order chi connectivity index (χ0) is 16.5. The summed E-state index contributed by atoms with van der Waals surface area (Å²) in [5, 5.41) is 0. The average molecular weight is 373 g/mol. The molecule has 9 heteroatoms. The van der Waals surface area contributed by atoms with Crippen molar-refractivity contribution < 1.29 is 21.6 Å². The summed E-state index contributed by atoms with van der Waals surface area (Å²) in [5.74, 6) is 0. The van der Waals surface area contributed by atoms with Gasteiger partial charge in [-0.3, -0.25) is 0 Å². The van der Waals surface area contributed by atoms with E-state index in [2.05, 4.69) is 4.72 Å². The first-order valence-electron chi connectivity index (χ1n) is 7.05. The summed E-state index contributed by atoms with van der Waals surface area (Å²) in [6.45, 7) is 1.30. The number of aryl methyl sites for hydroxylation is 1. The van der Waals surface area contributed by atoms with Gasteiger partial charge in [0, 0.05) is 12.1 Å². The maximum absolute atomic E-state index is 12.9. The molecule has 0 spiro atoms. The molecule has 1 aromatic rings. The third-order valence-electron chi connectivity index (χ3n) is 3.92. The highest BCUT2D eigenvalue weighted by Gasteiger charge is 2.34. The molecule has 2 rings (SSSR count). The standard InChI is InChI=1S/C14H19F3N2O2S.ClH/c1-9-2-7-12(8-13(9)14(15,16)17)22(20,21)19-11-5-3-10(18)4-6-11;/h2,7-8,10-11,19H,3-6,18H2,1H3;1H. The van der Waals surface area contributed by atoms with E-state index < -0.39 is 21.8 Å². The Kier molecular flexibility index (Phi) is 6.48. The number of nitrogens with one attached hydrogen (secondary N) is 1. The molecule has 1 aliphatic carbocycles. The number of rotatable bonds is 3. The quantitative estimate of drug-likeness (QED) is 0.856. The lowest BCUT2D eigenvalue weighted by Gasteiger charge is -2.26. The van der Waals surface area contributed by atoms with Crippen LogP contribution in [0.25, 0.3) is 0 Å². The van der Waals surface area contributed by atoms with Gasteiger partial charge in [-0.1, -0.05) is 6.07 Å². The van der Waals surface area contributed by atoms with Gasteiger partial charge in [-0.05, 0) is 50.3 Å². The van der Waals surface area contributed by atoms with Crippen LogP contribution in [0.5, 0.6) is 0 Å². The summed E-state index contributed by atoms with van der Waals surface area (Å²) in [6.07, 6.45) is -1.98. The molecule has 0 amide bonds. The normalized spacial score (nSPS) is 22.5. The van der Waals surface area contributed by atoms with Crippen molar-refractivity contribution in [3.05, 3.63) is 29.3 Å². The van der Waals surface area contributed by atoms with Crippen LogP contribution in [0.1, 0.15) is 36.8 Å². The third-order valence-corrected chi connectivity index (χ3v) is 5.44. The van der Waals surface area contributed by atoms with Crippen LogP contribution in [0.15, 0.2) is 23.1 Å². The lowest BCUT2D eigenvalue weighted by atomic mass is 9.93. The maximum Gasteiger partial charge on any atom is 0.416 e. The van der Waals surface area contributed by atoms with Gasteiger partial charge >= 0.3 is 6.18 Å². The lowest BCUT2D eigenvalue weighted by Crippen LogP contribution is -2.40. The second-order valence-corrected chi connectivity index (χ2v) is 7.42. The van der Waals surface area contributed by atoms with Gasteiger partial charge in [0.1, 0.15) is 0 Å². The zero-order valence-corrected chi connectivity index (χ0v) is 14.2. The molecular weight excluding hydrogens is 353 g/mol. The summed E-state index contributed by atoms with van der Waals surface area (Å²) >= 11 is 0. The van der Waals surface area contributed by atoms with Crippen molar-refractivity contribution in [2.24, 2.45) is 5.73 Å². The summed E-state index contributed by atoms with van der Waals surface area (Å²) in [4.78, 5) is -0.361. The number of hydrogen-bond acceptors (Lipinski definition) is 3. The summed E-state index contributed by atoms with van der Waals surface area (Å²) in [7, 11) is -3.97. The van der Waals surface area contributed by atoms with Crippen LogP contribution in [0.4, 0.5) is 13.2 Å². The van der Waals surface area contributed by atoms with Gasteiger partial charge in [-0.25, -0.2) is 13.1 Å². The van der Waals surface area contributed by atoms with Crippen LogP contribution >= 0.6 is 12.4 Å². The Balaban J connectivity index is 0.00000264. The van der Waals surface area contributed by atoms with Gasteiger partial charge < -0.3 is 5.73 Å². The van der Waals surface area contributed by atoms with E-state index in [1.807, 2.05) is 0 Å². The van der Waals surface area contributed by atoms with Crippen LogP contribution in [0.2, 0.25) is 0 Å². The molecule has 0 bridgehead atoms. The second-order valence-electron chi connectivity index (χ2n) is 5.71. The second kappa shape index (κ2) is 7.38. The fourth-order valence-corrected chi connectivity index (χ4v) is 3.93. The minimum absolute atomic E-state index is 0. The third kappa shape index (κ3) is 5.07. The Labute approximate surface area is 140 Å². The predicted octanol–water partition coefficient (Wildman–Crippen LogP) is 2.98. The Morgan fingerprint density at radius 2 is 1.74 bits per heavy atom. The molecule has 0 saturated heterocycles. The van der Waals surface area contributed by atoms with E-state index in [1.165, 1.54) is 19.1 Å². The van der Waals surface area contributed by atoms with Crippen molar-refractivity contribution in [3.63, 3.8) is 0 Å². The van der Waals surface area contributed by atoms with E-state index in [9.17, 15) is 21.6 Å². The molecule has 132 valence electrons. The Morgan fingerprint density at radius 1 is 1.17 bits per heavy atom. The number of halogens is 4. The summed E-state index contributed by atoms with van der Waals surface area (Å²) in [6, 6.07) is 2.85. The fourth-order valence-electron chi connectivity index (χ4n) is 2.60. The fraction of sp³-hybridized carbons (Fsp3) is 0.571. The molecular formula is C14H20ClF3N2O2S. The van der Waals surface area contributed by atoms with Crippen molar-refractivity contribution >= 4 is 22.4 Å². The monoisotopic (exact) mass is 372 g/mol. The number of nitrogens with two attached hydrogens (primary N) is 1. The van der Waals surface area contributed by atoms with Gasteiger partial charge in [0.15, 0.2) is 0 Å². The lowest BCUT2D eigenvalue weighted by molar-refractivity contribution is -0.138. The minimum Gasteiger partial charge on any atom is -0.328 e. The largest absolute Gasteiger partial charge is 0.416 e. The SMILES string of the molecule is Cc1ccc(S(=O)(=O)NC2CCC(N)CC2)cc1C(F)(F)F.Cl. The Bertz CT molecular complexity index is 642. The number of hydrogen-bond donors (Lipinski definition) is 2. The molecule has 1 saturated carbocycles. The maximum atomic E-state index is 12.9. The van der Waals surface area contributed by atoms with Gasteiger partial charge in [-0.15, -0.1) is 12.4 Å². The Hall–Kier alpha value is -0.830. The molecule has 3 N–H and O–H groups in total. The van der Waals surface area contributed by atoms with E-state index in [-0.39, 0.29) is 34.9 Å². The molecule has 0 radical (unpaired) electrons. The first-order chi connectivity index (χ1) is 10.1. The first-order valence-corrected chi connectivity index (χ1v) is 8.53. The molecule has 0 aromatic heterocycles. The topological polar surface area (TPSA) is 72.2 Å². The predicted molar refractivity (Wildman–Crippen MR) is 84.0 cm³/mol. The highest BCUT2D eigenvalue weighted by atomic mass is 35.5. The van der Waals surface area contributed by atoms with Crippen molar-refractivity contribution in [3.8, 4) is 0 Å². The Morgan fingerprint density at radius 3 is 2.26 bits per heavy atom. The van der Waals surface area contributed by atoms with Crippen molar-refractivity contribution in [2.45, 2.75) is 55.8 Å². The van der Waals surface area contributed by atoms with Gasteiger partial charge in [0.2, 0.25) is 10.0 Å². The van der Waals surface area contributed by atoms with Crippen molar-refractivity contribution in [1.82, 2.24) is 4.72 Å². The molecule has 23 heavy (non-hydrogen) atoms. The molecule has 0 heterocycles. The van der Waals surface area contributed by atoms with Crippen LogP contribution in [0.3, 0.4) is 0 Å². The summed E-state index contributed by atoms with van der Waals surface area (Å²) in [5.41, 5.74) is 4.82. The number of sulfonamides is 1. The van der Waals surface area contributed by atoms with Crippen LogP contribution < -0.4 is 10.5 Å². The highest BCUT2D eigenvalue weighted by Crippen LogP contribution is 2.33. The van der Waals surface area contributed by atoms with E-state index in [0.29, 0.717) is 31.7 Å². The molecule has 0 atom stereocenters. The average Bonchev–Trinajstić information content (AvgIpc) is 2.40. The molecule has 1 aliphatic rings. The van der Waals surface area contributed by atoms with Gasteiger partial charge in [-0.2, -0.15) is 13.2 Å². The number of benzene rings is 1. The van der Waals surface area contributed by atoms with Crippen molar-refractivity contribution in [2.75, 3.05) is 0 Å². The number of alkyl halides is 3. The highest BCUT2D eigenvalue weighted by molar-refractivity contribution is 7.89. The minimum atomic E-state index is -4.58. The van der Waals surface area contributed by atoms with Gasteiger partial charge in [0.25, 0.3) is 0 Å².